The molecule has 2 aliphatic heterocycles. The molecule has 4 heteroatoms. The predicted octanol–water partition coefficient (Wildman–Crippen LogP) is 5.48. The number of rotatable bonds is 8. The van der Waals surface area contributed by atoms with Crippen LogP contribution < -0.4 is 0 Å². The van der Waals surface area contributed by atoms with Gasteiger partial charge in [-0.1, -0.05) is 66.2 Å². The Morgan fingerprint density at radius 2 is 1.42 bits per heavy atom. The lowest BCUT2D eigenvalue weighted by atomic mass is 9.94. The predicted molar refractivity (Wildman–Crippen MR) is 132 cm³/mol. The molecule has 3 aromatic rings. The molecular weight excluding hydrogens is 408 g/mol. The van der Waals surface area contributed by atoms with E-state index in [0.29, 0.717) is 17.7 Å². The largest absolute Gasteiger partial charge is 0.299 e. The molecule has 4 nitrogen and oxygen atoms in total. The number of carbonyl (C=O) groups is 2. The van der Waals surface area contributed by atoms with Gasteiger partial charge in [0.25, 0.3) is 11.8 Å². The van der Waals surface area contributed by atoms with Crippen molar-refractivity contribution in [2.45, 2.75) is 32.1 Å². The zero-order valence-corrected chi connectivity index (χ0v) is 19.0. The molecule has 5 rings (SSSR count). The average Bonchev–Trinajstić information content (AvgIpc) is 2.87. The molecule has 2 heterocycles. The molecule has 2 aliphatic rings. The summed E-state index contributed by atoms with van der Waals surface area (Å²) in [5, 5.41) is 1.75. The summed E-state index contributed by atoms with van der Waals surface area (Å²) in [5.41, 5.74) is 4.26. The van der Waals surface area contributed by atoms with E-state index in [1.54, 1.807) is 5.57 Å². The smallest absolute Gasteiger partial charge is 0.261 e. The molecule has 0 fully saturated rings. The minimum absolute atomic E-state index is 0.159. The Balaban J connectivity index is 1.10. The summed E-state index contributed by atoms with van der Waals surface area (Å²) < 4.78 is 0. The van der Waals surface area contributed by atoms with E-state index in [9.17, 15) is 9.59 Å². The highest BCUT2D eigenvalue weighted by molar-refractivity contribution is 6.25. The van der Waals surface area contributed by atoms with Gasteiger partial charge >= 0.3 is 0 Å². The van der Waals surface area contributed by atoms with Gasteiger partial charge in [-0.15, -0.1) is 0 Å². The maximum Gasteiger partial charge on any atom is 0.261 e. The molecule has 0 unspecified atom stereocenters. The molecular formula is C29H30N2O2. The Hall–Kier alpha value is -3.24. The van der Waals surface area contributed by atoms with Crippen LogP contribution in [-0.4, -0.2) is 47.8 Å². The van der Waals surface area contributed by atoms with E-state index in [1.807, 2.05) is 36.4 Å². The summed E-state index contributed by atoms with van der Waals surface area (Å²) >= 11 is 0. The number of hydrogen-bond acceptors (Lipinski definition) is 3. The van der Waals surface area contributed by atoms with Crippen LogP contribution in [0.2, 0.25) is 0 Å². The molecule has 0 spiro atoms. The second-order valence-electron chi connectivity index (χ2n) is 9.08. The minimum atomic E-state index is -0.159. The summed E-state index contributed by atoms with van der Waals surface area (Å²) in [5.74, 6) is -0.318. The van der Waals surface area contributed by atoms with Gasteiger partial charge in [-0.3, -0.25) is 19.4 Å². The highest BCUT2D eigenvalue weighted by Crippen LogP contribution is 2.30. The Labute approximate surface area is 195 Å². The van der Waals surface area contributed by atoms with Crippen LogP contribution in [0, 0.1) is 0 Å². The van der Waals surface area contributed by atoms with Crippen molar-refractivity contribution < 1.29 is 9.59 Å². The number of nitrogens with zero attached hydrogens (tertiary/aromatic N) is 2. The lowest BCUT2D eigenvalue weighted by Gasteiger charge is -2.28. The zero-order chi connectivity index (χ0) is 22.6. The Bertz CT molecular complexity index is 1150. The quantitative estimate of drug-likeness (QED) is 0.266. The molecule has 168 valence electrons. The first kappa shape index (κ1) is 21.6. The fourth-order valence-electron chi connectivity index (χ4n) is 5.02. The summed E-state index contributed by atoms with van der Waals surface area (Å²) in [4.78, 5) is 29.9. The number of amides is 2. The van der Waals surface area contributed by atoms with Gasteiger partial charge in [-0.2, -0.15) is 0 Å². The maximum absolute atomic E-state index is 13.0. The van der Waals surface area contributed by atoms with E-state index in [1.165, 1.54) is 10.5 Å². The van der Waals surface area contributed by atoms with Gasteiger partial charge in [-0.25, -0.2) is 0 Å². The number of hydrogen-bond donors (Lipinski definition) is 0. The van der Waals surface area contributed by atoms with Crippen molar-refractivity contribution in [3.05, 3.63) is 95.1 Å². The molecule has 3 aromatic carbocycles. The molecule has 2 amide bonds. The maximum atomic E-state index is 13.0. The summed E-state index contributed by atoms with van der Waals surface area (Å²) in [6.45, 7) is 3.58. The first-order valence-electron chi connectivity index (χ1n) is 12.0. The Morgan fingerprint density at radius 1 is 0.727 bits per heavy atom. The fraction of sp³-hybridized carbons (Fsp3) is 0.310. The summed E-state index contributed by atoms with van der Waals surface area (Å²) in [6, 6.07) is 22.1. The number of benzene rings is 3. The lowest BCUT2D eigenvalue weighted by Crippen LogP contribution is -2.41. The number of carbonyl (C=O) groups excluding carboxylic acids is 2. The van der Waals surface area contributed by atoms with E-state index >= 15 is 0 Å². The monoisotopic (exact) mass is 438 g/mol. The second kappa shape index (κ2) is 9.72. The van der Waals surface area contributed by atoms with Gasteiger partial charge in [0.15, 0.2) is 0 Å². The van der Waals surface area contributed by atoms with Crippen molar-refractivity contribution in [2.75, 3.05) is 26.2 Å². The number of unbranched alkanes of at least 4 members (excludes halogenated alkanes) is 1. The van der Waals surface area contributed by atoms with Crippen LogP contribution in [0.1, 0.15) is 52.0 Å². The topological polar surface area (TPSA) is 40.6 Å². The van der Waals surface area contributed by atoms with E-state index in [4.69, 9.17) is 0 Å². The van der Waals surface area contributed by atoms with Gasteiger partial charge in [0, 0.05) is 36.1 Å². The second-order valence-corrected chi connectivity index (χ2v) is 9.08. The third-order valence-corrected chi connectivity index (χ3v) is 6.93. The third-order valence-electron chi connectivity index (χ3n) is 6.93. The van der Waals surface area contributed by atoms with Crippen molar-refractivity contribution in [1.29, 1.82) is 0 Å². The molecule has 0 aliphatic carbocycles. The van der Waals surface area contributed by atoms with Crippen molar-refractivity contribution in [3.63, 3.8) is 0 Å². The molecule has 0 radical (unpaired) electrons. The van der Waals surface area contributed by atoms with E-state index in [0.717, 1.165) is 62.5 Å². The SMILES string of the molecule is O=C1c2cccc3cccc(c23)C(=O)N1CCCCN1CC=C(CCc2ccccc2)CC1. The molecule has 0 bridgehead atoms. The van der Waals surface area contributed by atoms with Crippen LogP contribution >= 0.6 is 0 Å². The average molecular weight is 439 g/mol. The number of imide groups is 1. The van der Waals surface area contributed by atoms with E-state index in [2.05, 4.69) is 41.3 Å². The third kappa shape index (κ3) is 4.62. The van der Waals surface area contributed by atoms with Crippen LogP contribution in [0.5, 0.6) is 0 Å². The summed E-state index contributed by atoms with van der Waals surface area (Å²) in [6.07, 6.45) is 7.60. The molecule has 0 aromatic heterocycles. The summed E-state index contributed by atoms with van der Waals surface area (Å²) in [7, 11) is 0. The van der Waals surface area contributed by atoms with Gasteiger partial charge in [0.1, 0.15) is 0 Å². The van der Waals surface area contributed by atoms with E-state index < -0.39 is 0 Å². The zero-order valence-electron chi connectivity index (χ0n) is 19.0. The van der Waals surface area contributed by atoms with Crippen molar-refractivity contribution in [2.24, 2.45) is 0 Å². The highest BCUT2D eigenvalue weighted by Gasteiger charge is 2.32. The first-order valence-corrected chi connectivity index (χ1v) is 12.0. The molecule has 0 saturated carbocycles. The number of aryl methyl sites for hydroxylation is 1. The van der Waals surface area contributed by atoms with Crippen molar-refractivity contribution in [1.82, 2.24) is 9.80 Å². The van der Waals surface area contributed by atoms with Crippen molar-refractivity contribution >= 4 is 22.6 Å². The molecule has 0 N–H and O–H groups in total. The minimum Gasteiger partial charge on any atom is -0.299 e. The van der Waals surface area contributed by atoms with Gasteiger partial charge in [0.2, 0.25) is 0 Å². The van der Waals surface area contributed by atoms with Crippen LogP contribution in [0.25, 0.3) is 10.8 Å². The Morgan fingerprint density at radius 3 is 2.09 bits per heavy atom. The lowest BCUT2D eigenvalue weighted by molar-refractivity contribution is 0.0606. The Kier molecular flexibility index (Phi) is 6.36. The van der Waals surface area contributed by atoms with Crippen LogP contribution in [0.4, 0.5) is 0 Å². The van der Waals surface area contributed by atoms with E-state index in [-0.39, 0.29) is 11.8 Å². The molecule has 0 atom stereocenters. The van der Waals surface area contributed by atoms with Gasteiger partial charge in [-0.05, 0) is 61.7 Å². The molecule has 33 heavy (non-hydrogen) atoms. The van der Waals surface area contributed by atoms with Crippen LogP contribution in [0.3, 0.4) is 0 Å². The first-order chi connectivity index (χ1) is 16.2. The normalized spacial score (nSPS) is 16.4. The van der Waals surface area contributed by atoms with Crippen LogP contribution in [0.15, 0.2) is 78.4 Å². The van der Waals surface area contributed by atoms with Gasteiger partial charge < -0.3 is 0 Å². The van der Waals surface area contributed by atoms with Crippen molar-refractivity contribution in [3.8, 4) is 0 Å². The standard InChI is InChI=1S/C29H30N2O2/c32-28-25-12-6-10-24-11-7-13-26(27(24)25)29(33)31(28)19-5-4-18-30-20-16-23(17-21-30)15-14-22-8-2-1-3-9-22/h1-3,6-13,16H,4-5,14-15,17-21H2. The van der Waals surface area contributed by atoms with Gasteiger partial charge in [0.05, 0.1) is 0 Å². The fourth-order valence-corrected chi connectivity index (χ4v) is 5.02. The van der Waals surface area contributed by atoms with Crippen LogP contribution in [-0.2, 0) is 6.42 Å². The highest BCUT2D eigenvalue weighted by atomic mass is 16.2. The molecule has 0 saturated heterocycles.